The normalized spacial score (nSPS) is 30.9. The molecule has 2 saturated carbocycles. The molecule has 0 radical (unpaired) electrons. The molecule has 2 atom stereocenters. The maximum Gasteiger partial charge on any atom is 0.362 e. The van der Waals surface area contributed by atoms with Gasteiger partial charge < -0.3 is 0 Å². The third-order valence-corrected chi connectivity index (χ3v) is 4.35. The molecule has 1 amide bonds. The van der Waals surface area contributed by atoms with Crippen molar-refractivity contribution < 1.29 is 17.4 Å². The van der Waals surface area contributed by atoms with Crippen LogP contribution in [0.3, 0.4) is 0 Å². The molecule has 2 rings (SSSR count). The Morgan fingerprint density at radius 2 is 2.12 bits per heavy atom. The van der Waals surface area contributed by atoms with Gasteiger partial charge in [-0.2, -0.15) is 8.42 Å². The Labute approximate surface area is 95.8 Å². The maximum atomic E-state index is 11.5. The van der Waals surface area contributed by atoms with Crippen molar-refractivity contribution in [2.45, 2.75) is 45.1 Å². The van der Waals surface area contributed by atoms with Crippen molar-refractivity contribution in [3.63, 3.8) is 0 Å². The second-order valence-electron chi connectivity index (χ2n) is 4.96. The molecule has 0 saturated heterocycles. The molecular formula is C10H17NO4S. The van der Waals surface area contributed by atoms with Crippen molar-refractivity contribution >= 4 is 16.2 Å². The Bertz CT molecular complexity index is 399. The summed E-state index contributed by atoms with van der Waals surface area (Å²) in [5.41, 5.74) is -0.584. The second-order valence-corrected chi connectivity index (χ2v) is 6.24. The van der Waals surface area contributed by atoms with Crippen molar-refractivity contribution in [3.05, 3.63) is 0 Å². The Balaban J connectivity index is 1.86. The number of rotatable bonds is 5. The van der Waals surface area contributed by atoms with E-state index in [2.05, 4.69) is 0 Å². The summed E-state index contributed by atoms with van der Waals surface area (Å²) >= 11 is 0. The molecular weight excluding hydrogens is 230 g/mol. The molecule has 1 unspecified atom stereocenters. The number of nitrogens with one attached hydrogen (secondary N) is 1. The maximum absolute atomic E-state index is 11.5. The first-order chi connectivity index (χ1) is 7.35. The highest BCUT2D eigenvalue weighted by atomic mass is 32.2. The molecule has 0 aliphatic heterocycles. The van der Waals surface area contributed by atoms with Gasteiger partial charge in [-0.3, -0.25) is 4.79 Å². The standard InChI is InChI=1S/C10H17NO4S/c1-3-7-6-8(7)9(12)11-16(13,14)15-10(2)4-5-10/h7-8H,3-6H2,1-2H3,(H,11,12)/t7?,8-/m0/s1. The topological polar surface area (TPSA) is 72.5 Å². The highest BCUT2D eigenvalue weighted by Crippen LogP contribution is 2.42. The highest BCUT2D eigenvalue weighted by molar-refractivity contribution is 7.85. The SMILES string of the molecule is CCC1C[C@@H]1C(=O)NS(=O)(=O)OC1(C)CC1. The van der Waals surface area contributed by atoms with Crippen LogP contribution >= 0.6 is 0 Å². The van der Waals surface area contributed by atoms with E-state index in [-0.39, 0.29) is 5.92 Å². The van der Waals surface area contributed by atoms with Gasteiger partial charge in [0.25, 0.3) is 0 Å². The minimum atomic E-state index is -3.91. The predicted molar refractivity (Wildman–Crippen MR) is 57.7 cm³/mol. The summed E-state index contributed by atoms with van der Waals surface area (Å²) in [6, 6.07) is 0. The van der Waals surface area contributed by atoms with E-state index in [1.807, 2.05) is 11.6 Å². The van der Waals surface area contributed by atoms with Crippen LogP contribution in [0.5, 0.6) is 0 Å². The van der Waals surface area contributed by atoms with Gasteiger partial charge in [0.05, 0.1) is 5.60 Å². The van der Waals surface area contributed by atoms with Gasteiger partial charge in [0, 0.05) is 5.92 Å². The van der Waals surface area contributed by atoms with E-state index in [0.717, 1.165) is 25.7 Å². The zero-order valence-electron chi connectivity index (χ0n) is 9.52. The van der Waals surface area contributed by atoms with Gasteiger partial charge in [-0.15, -0.1) is 0 Å². The molecule has 0 aromatic carbocycles. The molecule has 16 heavy (non-hydrogen) atoms. The lowest BCUT2D eigenvalue weighted by Gasteiger charge is -2.11. The lowest BCUT2D eigenvalue weighted by molar-refractivity contribution is -0.121. The Morgan fingerprint density at radius 1 is 1.50 bits per heavy atom. The van der Waals surface area contributed by atoms with Crippen LogP contribution in [0.2, 0.25) is 0 Å². The monoisotopic (exact) mass is 247 g/mol. The molecule has 2 fully saturated rings. The molecule has 5 nitrogen and oxygen atoms in total. The van der Waals surface area contributed by atoms with Crippen molar-refractivity contribution in [2.24, 2.45) is 11.8 Å². The summed E-state index contributed by atoms with van der Waals surface area (Å²) < 4.78 is 29.8. The molecule has 0 bridgehead atoms. The first kappa shape index (κ1) is 11.9. The van der Waals surface area contributed by atoms with Gasteiger partial charge in [0.2, 0.25) is 5.91 Å². The fourth-order valence-electron chi connectivity index (χ4n) is 1.76. The van der Waals surface area contributed by atoms with E-state index in [9.17, 15) is 13.2 Å². The van der Waals surface area contributed by atoms with Crippen LogP contribution in [0.15, 0.2) is 0 Å². The van der Waals surface area contributed by atoms with E-state index in [1.54, 1.807) is 6.92 Å². The van der Waals surface area contributed by atoms with Gasteiger partial charge in [-0.1, -0.05) is 13.3 Å². The summed E-state index contributed by atoms with van der Waals surface area (Å²) in [6.07, 6.45) is 3.15. The molecule has 2 aliphatic rings. The van der Waals surface area contributed by atoms with Crippen LogP contribution in [-0.4, -0.2) is 19.9 Å². The molecule has 0 aromatic heterocycles. The van der Waals surface area contributed by atoms with Crippen molar-refractivity contribution in [1.29, 1.82) is 0 Å². The fraction of sp³-hybridized carbons (Fsp3) is 0.900. The lowest BCUT2D eigenvalue weighted by Crippen LogP contribution is -2.35. The molecule has 1 N–H and O–H groups in total. The smallest absolute Gasteiger partial charge is 0.274 e. The predicted octanol–water partition coefficient (Wildman–Crippen LogP) is 0.963. The van der Waals surface area contributed by atoms with Gasteiger partial charge in [0.1, 0.15) is 0 Å². The summed E-state index contributed by atoms with van der Waals surface area (Å²) in [5.74, 6) is -0.224. The molecule has 0 heterocycles. The third kappa shape index (κ3) is 2.74. The van der Waals surface area contributed by atoms with Crippen LogP contribution in [0.25, 0.3) is 0 Å². The minimum absolute atomic E-state index is 0.143. The zero-order valence-corrected chi connectivity index (χ0v) is 10.3. The van der Waals surface area contributed by atoms with Crippen LogP contribution < -0.4 is 4.72 Å². The first-order valence-electron chi connectivity index (χ1n) is 5.62. The average Bonchev–Trinajstić information content (AvgIpc) is 3.00. The highest BCUT2D eigenvalue weighted by Gasteiger charge is 2.46. The number of carbonyl (C=O) groups excluding carboxylic acids is 1. The molecule has 2 aliphatic carbocycles. The van der Waals surface area contributed by atoms with Gasteiger partial charge in [0.15, 0.2) is 0 Å². The molecule has 92 valence electrons. The molecule has 0 aromatic rings. The van der Waals surface area contributed by atoms with Gasteiger partial charge >= 0.3 is 10.3 Å². The van der Waals surface area contributed by atoms with Crippen LogP contribution in [-0.2, 0) is 19.3 Å². The lowest BCUT2D eigenvalue weighted by atomic mass is 10.2. The van der Waals surface area contributed by atoms with E-state index in [4.69, 9.17) is 4.18 Å². The van der Waals surface area contributed by atoms with E-state index >= 15 is 0 Å². The van der Waals surface area contributed by atoms with Crippen molar-refractivity contribution in [2.75, 3.05) is 0 Å². The summed E-state index contributed by atoms with van der Waals surface area (Å²) in [6.45, 7) is 3.72. The zero-order chi connectivity index (χ0) is 12.0. The number of hydrogen-bond donors (Lipinski definition) is 1. The summed E-state index contributed by atoms with van der Waals surface area (Å²) in [4.78, 5) is 11.5. The summed E-state index contributed by atoms with van der Waals surface area (Å²) in [7, 11) is -3.91. The van der Waals surface area contributed by atoms with Crippen molar-refractivity contribution in [1.82, 2.24) is 4.72 Å². The second kappa shape index (κ2) is 3.70. The largest absolute Gasteiger partial charge is 0.362 e. The Hall–Kier alpha value is -0.620. The van der Waals surface area contributed by atoms with E-state index in [0.29, 0.717) is 5.92 Å². The summed E-state index contributed by atoms with van der Waals surface area (Å²) in [5, 5.41) is 0. The quantitative estimate of drug-likeness (QED) is 0.785. The third-order valence-electron chi connectivity index (χ3n) is 3.27. The van der Waals surface area contributed by atoms with Gasteiger partial charge in [-0.25, -0.2) is 8.91 Å². The molecule has 0 spiro atoms. The van der Waals surface area contributed by atoms with E-state index < -0.39 is 21.8 Å². The van der Waals surface area contributed by atoms with E-state index in [1.165, 1.54) is 0 Å². The Kier molecular flexibility index (Phi) is 2.74. The number of amides is 1. The number of carbonyl (C=O) groups is 1. The minimum Gasteiger partial charge on any atom is -0.274 e. The first-order valence-corrected chi connectivity index (χ1v) is 7.03. The average molecular weight is 247 g/mol. The van der Waals surface area contributed by atoms with Gasteiger partial charge in [-0.05, 0) is 32.1 Å². The fourth-order valence-corrected chi connectivity index (χ4v) is 2.90. The van der Waals surface area contributed by atoms with Crippen LogP contribution in [0, 0.1) is 11.8 Å². The van der Waals surface area contributed by atoms with Crippen LogP contribution in [0.4, 0.5) is 0 Å². The van der Waals surface area contributed by atoms with Crippen molar-refractivity contribution in [3.8, 4) is 0 Å². The van der Waals surface area contributed by atoms with Crippen LogP contribution in [0.1, 0.15) is 39.5 Å². The molecule has 6 heteroatoms. The number of hydrogen-bond acceptors (Lipinski definition) is 4. The Morgan fingerprint density at radius 3 is 2.56 bits per heavy atom.